The van der Waals surface area contributed by atoms with E-state index < -0.39 is 17.1 Å². The van der Waals surface area contributed by atoms with Gasteiger partial charge in [-0.2, -0.15) is 0 Å². The highest BCUT2D eigenvalue weighted by atomic mass is 31.2. The van der Waals surface area contributed by atoms with Crippen molar-refractivity contribution in [1.29, 1.82) is 0 Å². The monoisotopic (exact) mass is 228 g/mol. The summed E-state index contributed by atoms with van der Waals surface area (Å²) in [5, 5.41) is 0. The van der Waals surface area contributed by atoms with Crippen LogP contribution in [0.3, 0.4) is 0 Å². The molecule has 1 fully saturated rings. The van der Waals surface area contributed by atoms with E-state index in [9.17, 15) is 0 Å². The lowest BCUT2D eigenvalue weighted by Gasteiger charge is -2.21. The second kappa shape index (κ2) is 5.49. The maximum Gasteiger partial charge on any atom is 0.253 e. The van der Waals surface area contributed by atoms with Gasteiger partial charge < -0.3 is 19.6 Å². The first kappa shape index (κ1) is 11.7. The highest BCUT2D eigenvalue weighted by Gasteiger charge is 2.22. The van der Waals surface area contributed by atoms with Gasteiger partial charge in [0.1, 0.15) is 0 Å². The quantitative estimate of drug-likeness (QED) is 0.473. The van der Waals surface area contributed by atoms with Crippen molar-refractivity contribution in [3.63, 3.8) is 0 Å². The Labute approximate surface area is 79.3 Å². The predicted octanol–water partition coefficient (Wildman–Crippen LogP) is -0.583. The molecule has 0 aromatic carbocycles. The Morgan fingerprint density at radius 2 is 1.08 bits per heavy atom. The lowest BCUT2D eigenvalue weighted by atomic mass is 10.4. The van der Waals surface area contributed by atoms with E-state index in [1.807, 2.05) is 0 Å². The molecule has 0 aliphatic carbocycles. The molecule has 1 saturated heterocycles. The Kier molecular flexibility index (Phi) is 4.94. The fraction of sp³-hybridized carbons (Fsp3) is 1.00. The predicted molar refractivity (Wildman–Crippen MR) is 50.5 cm³/mol. The van der Waals surface area contributed by atoms with Gasteiger partial charge in [0.25, 0.3) is 17.1 Å². The smallest absolute Gasteiger partial charge is 0.253 e. The number of hydrogen-bond donors (Lipinski definition) is 4. The van der Waals surface area contributed by atoms with Gasteiger partial charge in [0, 0.05) is 26.2 Å². The lowest BCUT2D eigenvalue weighted by molar-refractivity contribution is 0.330. The Bertz CT molecular complexity index is 143. The first-order valence-corrected chi connectivity index (χ1v) is 6.36. The molecule has 1 aliphatic rings. The number of nitrogens with zero attached hydrogens (tertiary/aromatic N) is 2. The third-order valence-corrected chi connectivity index (χ3v) is 3.77. The zero-order chi connectivity index (χ0) is 9.84. The van der Waals surface area contributed by atoms with Gasteiger partial charge in [-0.1, -0.05) is 0 Å². The minimum absolute atomic E-state index is 0.471. The van der Waals surface area contributed by atoms with Gasteiger partial charge in [0.05, 0.1) is 0 Å². The zero-order valence-corrected chi connectivity index (χ0v) is 8.90. The third kappa shape index (κ3) is 3.70. The van der Waals surface area contributed by atoms with Crippen molar-refractivity contribution in [2.24, 2.45) is 0 Å². The molecule has 0 radical (unpaired) electrons. The molecule has 0 aromatic rings. The fourth-order valence-corrected chi connectivity index (χ4v) is 2.43. The van der Waals surface area contributed by atoms with Crippen molar-refractivity contribution in [3.8, 4) is 0 Å². The van der Waals surface area contributed by atoms with Crippen LogP contribution in [0.1, 0.15) is 6.42 Å². The Morgan fingerprint density at radius 3 is 1.38 bits per heavy atom. The van der Waals surface area contributed by atoms with Crippen LogP contribution >= 0.6 is 17.1 Å². The van der Waals surface area contributed by atoms with Gasteiger partial charge in [-0.15, -0.1) is 0 Å². The number of hydrogen-bond acceptors (Lipinski definition) is 6. The second-order valence-electron chi connectivity index (χ2n) is 2.80. The summed E-state index contributed by atoms with van der Waals surface area (Å²) in [7, 11) is -4.05. The van der Waals surface area contributed by atoms with E-state index in [2.05, 4.69) is 0 Å². The van der Waals surface area contributed by atoms with Gasteiger partial charge in [-0.25, -0.2) is 9.34 Å². The molecule has 1 rings (SSSR count). The van der Waals surface area contributed by atoms with E-state index in [0.29, 0.717) is 26.2 Å². The van der Waals surface area contributed by atoms with Crippen LogP contribution < -0.4 is 0 Å². The summed E-state index contributed by atoms with van der Waals surface area (Å²) < 4.78 is 3.10. The largest absolute Gasteiger partial charge is 0.338 e. The van der Waals surface area contributed by atoms with Crippen molar-refractivity contribution in [2.45, 2.75) is 6.42 Å². The first-order chi connectivity index (χ1) is 6.11. The molecule has 13 heavy (non-hydrogen) atoms. The first-order valence-electron chi connectivity index (χ1n) is 3.96. The number of rotatable bonds is 2. The van der Waals surface area contributed by atoms with Crippen LogP contribution in [-0.2, 0) is 0 Å². The fourth-order valence-electron chi connectivity index (χ4n) is 1.25. The molecule has 0 amide bonds. The summed E-state index contributed by atoms with van der Waals surface area (Å²) >= 11 is 0. The van der Waals surface area contributed by atoms with Crippen LogP contribution in [0.15, 0.2) is 0 Å². The molecule has 0 unspecified atom stereocenters. The standard InChI is InChI=1S/C5H14N2O4P2/c8-12(9)6-2-1-3-7(5-4-6)13(10)11/h8-11H,1-5H2. The van der Waals surface area contributed by atoms with E-state index in [-0.39, 0.29) is 0 Å². The topological polar surface area (TPSA) is 87.4 Å². The highest BCUT2D eigenvalue weighted by molar-refractivity contribution is 7.42. The van der Waals surface area contributed by atoms with E-state index in [1.54, 1.807) is 9.34 Å². The van der Waals surface area contributed by atoms with E-state index in [1.165, 1.54) is 0 Å². The molecule has 0 saturated carbocycles. The molecule has 1 heterocycles. The molecule has 8 heteroatoms. The summed E-state index contributed by atoms with van der Waals surface area (Å²) in [5.74, 6) is 0. The Balaban J connectivity index is 2.39. The molecule has 1 aliphatic heterocycles. The molecular weight excluding hydrogens is 214 g/mol. The Morgan fingerprint density at radius 1 is 0.692 bits per heavy atom. The SMILES string of the molecule is OP(O)N1CCCN(P(O)O)CC1. The zero-order valence-electron chi connectivity index (χ0n) is 7.11. The normalized spacial score (nSPS) is 22.6. The van der Waals surface area contributed by atoms with Gasteiger partial charge in [-0.05, 0) is 6.42 Å². The van der Waals surface area contributed by atoms with Gasteiger partial charge in [0.15, 0.2) is 0 Å². The van der Waals surface area contributed by atoms with Gasteiger partial charge in [0.2, 0.25) is 0 Å². The van der Waals surface area contributed by atoms with Crippen molar-refractivity contribution < 1.29 is 19.6 Å². The Hall–Kier alpha value is 0.620. The second-order valence-corrected chi connectivity index (χ2v) is 5.00. The van der Waals surface area contributed by atoms with E-state index >= 15 is 0 Å². The van der Waals surface area contributed by atoms with Gasteiger partial charge >= 0.3 is 0 Å². The highest BCUT2D eigenvalue weighted by Crippen LogP contribution is 2.35. The molecule has 6 nitrogen and oxygen atoms in total. The van der Waals surface area contributed by atoms with E-state index in [4.69, 9.17) is 19.6 Å². The maximum absolute atomic E-state index is 8.94. The molecule has 78 valence electrons. The summed E-state index contributed by atoms with van der Waals surface area (Å²) in [6.45, 7) is 2.13. The summed E-state index contributed by atoms with van der Waals surface area (Å²) in [4.78, 5) is 35.7. The van der Waals surface area contributed by atoms with Crippen LogP contribution in [0.5, 0.6) is 0 Å². The molecule has 4 N–H and O–H groups in total. The van der Waals surface area contributed by atoms with E-state index in [0.717, 1.165) is 6.42 Å². The van der Waals surface area contributed by atoms with Crippen molar-refractivity contribution in [3.05, 3.63) is 0 Å². The molecule has 0 bridgehead atoms. The average molecular weight is 228 g/mol. The third-order valence-electron chi connectivity index (χ3n) is 1.95. The van der Waals surface area contributed by atoms with Crippen molar-refractivity contribution in [2.75, 3.05) is 26.2 Å². The lowest BCUT2D eigenvalue weighted by Crippen LogP contribution is -2.25. The van der Waals surface area contributed by atoms with Crippen LogP contribution in [-0.4, -0.2) is 55.1 Å². The molecule has 0 spiro atoms. The molecular formula is C5H14N2O4P2. The van der Waals surface area contributed by atoms with Crippen LogP contribution in [0, 0.1) is 0 Å². The average Bonchev–Trinajstić information content (AvgIpc) is 2.27. The minimum Gasteiger partial charge on any atom is -0.338 e. The summed E-state index contributed by atoms with van der Waals surface area (Å²) in [6.07, 6.45) is 0.722. The minimum atomic E-state index is -2.02. The van der Waals surface area contributed by atoms with Crippen LogP contribution in [0.25, 0.3) is 0 Å². The molecule has 0 aromatic heterocycles. The van der Waals surface area contributed by atoms with Crippen LogP contribution in [0.2, 0.25) is 0 Å². The van der Waals surface area contributed by atoms with Crippen molar-refractivity contribution >= 4 is 17.1 Å². The van der Waals surface area contributed by atoms with Crippen LogP contribution in [0.4, 0.5) is 0 Å². The summed E-state index contributed by atoms with van der Waals surface area (Å²) in [6, 6.07) is 0. The van der Waals surface area contributed by atoms with Crippen molar-refractivity contribution in [1.82, 2.24) is 9.34 Å². The van der Waals surface area contributed by atoms with Gasteiger partial charge in [-0.3, -0.25) is 0 Å². The molecule has 0 atom stereocenters. The maximum atomic E-state index is 8.94. The summed E-state index contributed by atoms with van der Waals surface area (Å²) in [5.41, 5.74) is 0.